The molecule has 1 fully saturated rings. The second kappa shape index (κ2) is 9.17. The van der Waals surface area contributed by atoms with E-state index in [-0.39, 0.29) is 22.9 Å². The van der Waals surface area contributed by atoms with Gasteiger partial charge in [-0.05, 0) is 59.1 Å². The van der Waals surface area contributed by atoms with E-state index in [0.717, 1.165) is 31.5 Å². The van der Waals surface area contributed by atoms with Gasteiger partial charge in [-0.3, -0.25) is 10.1 Å². The Kier molecular flexibility index (Phi) is 7.55. The van der Waals surface area contributed by atoms with E-state index in [1.165, 1.54) is 18.6 Å². The number of aromatic carboxylic acids is 1. The Bertz CT molecular complexity index is 603. The van der Waals surface area contributed by atoms with Gasteiger partial charge in [-0.2, -0.15) is 0 Å². The first-order valence-corrected chi connectivity index (χ1v) is 8.48. The van der Waals surface area contributed by atoms with Crippen molar-refractivity contribution >= 4 is 17.7 Å². The molecule has 144 valence electrons. The minimum atomic E-state index is -1.09. The summed E-state index contributed by atoms with van der Waals surface area (Å²) in [6.45, 7) is 8.64. The molecule has 1 aliphatic rings. The lowest BCUT2D eigenvalue weighted by molar-refractivity contribution is -0.384. The number of ether oxygens (including phenoxy) is 1. The van der Waals surface area contributed by atoms with Crippen molar-refractivity contribution < 1.29 is 24.4 Å². The fourth-order valence-corrected chi connectivity index (χ4v) is 2.42. The standard InChI is InChI=1S/C11H21NO2.C7H5NO4/c1-9-7-5-6-8-12(9)10(13)14-11(2,3)4;9-7(10)5-1-3-6(4-2-5)8(11)12/h9H,5-8H2,1-4H3;1-4H,(H,9,10). The molecule has 1 aliphatic heterocycles. The molecule has 1 N–H and O–H groups in total. The van der Waals surface area contributed by atoms with Crippen molar-refractivity contribution in [2.45, 2.75) is 58.6 Å². The van der Waals surface area contributed by atoms with Gasteiger partial charge in [0.25, 0.3) is 5.69 Å². The minimum absolute atomic E-state index is 0.0422. The van der Waals surface area contributed by atoms with Crippen LogP contribution in [-0.4, -0.2) is 45.2 Å². The maximum absolute atomic E-state index is 11.7. The Labute approximate surface area is 152 Å². The first kappa shape index (κ1) is 21.4. The summed E-state index contributed by atoms with van der Waals surface area (Å²) in [5.41, 5.74) is -0.450. The predicted octanol–water partition coefficient (Wildman–Crippen LogP) is 4.09. The van der Waals surface area contributed by atoms with Crippen LogP contribution >= 0.6 is 0 Å². The average Bonchev–Trinajstić information content (AvgIpc) is 2.54. The molecule has 1 aromatic carbocycles. The van der Waals surface area contributed by atoms with Gasteiger partial charge in [0, 0.05) is 24.7 Å². The zero-order valence-electron chi connectivity index (χ0n) is 15.6. The number of rotatable bonds is 2. The molecule has 1 atom stereocenters. The summed E-state index contributed by atoms with van der Waals surface area (Å²) in [6.07, 6.45) is 3.26. The summed E-state index contributed by atoms with van der Waals surface area (Å²) >= 11 is 0. The Morgan fingerprint density at radius 3 is 2.23 bits per heavy atom. The van der Waals surface area contributed by atoms with Crippen LogP contribution < -0.4 is 0 Å². The lowest BCUT2D eigenvalue weighted by Crippen LogP contribution is -2.44. The molecule has 1 heterocycles. The third-order valence-electron chi connectivity index (χ3n) is 3.76. The number of likely N-dealkylation sites (tertiary alicyclic amines) is 1. The Morgan fingerprint density at radius 1 is 1.23 bits per heavy atom. The number of nitro benzene ring substituents is 1. The highest BCUT2D eigenvalue weighted by molar-refractivity contribution is 5.87. The van der Waals surface area contributed by atoms with Crippen LogP contribution in [0.2, 0.25) is 0 Å². The van der Waals surface area contributed by atoms with Crippen LogP contribution in [0.4, 0.5) is 10.5 Å². The lowest BCUT2D eigenvalue weighted by atomic mass is 10.0. The van der Waals surface area contributed by atoms with E-state index < -0.39 is 10.9 Å². The molecule has 1 saturated heterocycles. The number of carboxylic acids is 1. The van der Waals surface area contributed by atoms with Crippen molar-refractivity contribution in [2.75, 3.05) is 6.54 Å². The third kappa shape index (κ3) is 7.08. The van der Waals surface area contributed by atoms with Crippen LogP contribution in [0.3, 0.4) is 0 Å². The van der Waals surface area contributed by atoms with Crippen molar-refractivity contribution in [3.8, 4) is 0 Å². The zero-order valence-corrected chi connectivity index (χ0v) is 15.6. The average molecular weight is 366 g/mol. The van der Waals surface area contributed by atoms with Gasteiger partial charge in [-0.25, -0.2) is 9.59 Å². The molecule has 0 aromatic heterocycles. The minimum Gasteiger partial charge on any atom is -0.478 e. The molecule has 1 unspecified atom stereocenters. The molecule has 1 amide bonds. The van der Waals surface area contributed by atoms with Gasteiger partial charge in [-0.15, -0.1) is 0 Å². The monoisotopic (exact) mass is 366 g/mol. The summed E-state index contributed by atoms with van der Waals surface area (Å²) in [4.78, 5) is 33.4. The number of amides is 1. The quantitative estimate of drug-likeness (QED) is 0.623. The Morgan fingerprint density at radius 2 is 1.81 bits per heavy atom. The maximum atomic E-state index is 11.7. The number of hydrogen-bond acceptors (Lipinski definition) is 5. The van der Waals surface area contributed by atoms with Gasteiger partial charge in [0.15, 0.2) is 0 Å². The van der Waals surface area contributed by atoms with Gasteiger partial charge in [-0.1, -0.05) is 0 Å². The van der Waals surface area contributed by atoms with Gasteiger partial charge in [0.1, 0.15) is 5.60 Å². The highest BCUT2D eigenvalue weighted by Crippen LogP contribution is 2.19. The Balaban J connectivity index is 0.000000263. The van der Waals surface area contributed by atoms with E-state index in [9.17, 15) is 19.7 Å². The molecule has 0 aliphatic carbocycles. The lowest BCUT2D eigenvalue weighted by Gasteiger charge is -2.34. The van der Waals surface area contributed by atoms with E-state index in [1.807, 2.05) is 25.7 Å². The number of non-ortho nitro benzene ring substituents is 1. The van der Waals surface area contributed by atoms with Gasteiger partial charge >= 0.3 is 12.1 Å². The summed E-state index contributed by atoms with van der Waals surface area (Å²) in [5, 5.41) is 18.6. The van der Waals surface area contributed by atoms with Crippen LogP contribution in [0, 0.1) is 10.1 Å². The van der Waals surface area contributed by atoms with Crippen molar-refractivity contribution in [1.29, 1.82) is 0 Å². The molecule has 0 bridgehead atoms. The molecular formula is C18H26N2O6. The van der Waals surface area contributed by atoms with Crippen LogP contribution in [0.1, 0.15) is 57.3 Å². The second-order valence-corrected chi connectivity index (χ2v) is 7.13. The summed E-state index contributed by atoms with van der Waals surface area (Å²) < 4.78 is 5.33. The van der Waals surface area contributed by atoms with E-state index >= 15 is 0 Å². The maximum Gasteiger partial charge on any atom is 0.410 e. The van der Waals surface area contributed by atoms with Gasteiger partial charge in [0.2, 0.25) is 0 Å². The number of carbonyl (C=O) groups is 2. The highest BCUT2D eigenvalue weighted by atomic mass is 16.6. The van der Waals surface area contributed by atoms with Crippen molar-refractivity contribution in [3.05, 3.63) is 39.9 Å². The van der Waals surface area contributed by atoms with Crippen LogP contribution in [0.5, 0.6) is 0 Å². The number of carbonyl (C=O) groups excluding carboxylic acids is 1. The van der Waals surface area contributed by atoms with Crippen molar-refractivity contribution in [1.82, 2.24) is 4.90 Å². The third-order valence-corrected chi connectivity index (χ3v) is 3.76. The number of benzene rings is 1. The molecule has 0 spiro atoms. The van der Waals surface area contributed by atoms with Crippen LogP contribution in [-0.2, 0) is 4.74 Å². The first-order chi connectivity index (χ1) is 12.0. The Hall–Kier alpha value is -2.64. The molecule has 1 aromatic rings. The number of nitro groups is 1. The summed E-state index contributed by atoms with van der Waals surface area (Å²) in [5.74, 6) is -1.09. The fraction of sp³-hybridized carbons (Fsp3) is 0.556. The van der Waals surface area contributed by atoms with Crippen LogP contribution in [0.15, 0.2) is 24.3 Å². The first-order valence-electron chi connectivity index (χ1n) is 8.48. The second-order valence-electron chi connectivity index (χ2n) is 7.13. The van der Waals surface area contributed by atoms with Crippen molar-refractivity contribution in [2.24, 2.45) is 0 Å². The van der Waals surface area contributed by atoms with E-state index in [1.54, 1.807) is 0 Å². The number of nitrogens with zero attached hydrogens (tertiary/aromatic N) is 2. The normalized spacial score (nSPS) is 16.9. The number of carboxylic acid groups (broad SMARTS) is 1. The highest BCUT2D eigenvalue weighted by Gasteiger charge is 2.27. The summed E-state index contributed by atoms with van der Waals surface area (Å²) in [6, 6.07) is 5.03. The van der Waals surface area contributed by atoms with E-state index in [4.69, 9.17) is 9.84 Å². The molecule has 8 nitrogen and oxygen atoms in total. The SMILES string of the molecule is CC1CCCCN1C(=O)OC(C)(C)C.O=C(O)c1ccc([N+](=O)[O-])cc1. The molecule has 8 heteroatoms. The number of hydrogen-bond donors (Lipinski definition) is 1. The van der Waals surface area contributed by atoms with Crippen LogP contribution in [0.25, 0.3) is 0 Å². The number of piperidine rings is 1. The van der Waals surface area contributed by atoms with E-state index in [2.05, 4.69) is 6.92 Å². The summed E-state index contributed by atoms with van der Waals surface area (Å²) in [7, 11) is 0. The molecule has 26 heavy (non-hydrogen) atoms. The van der Waals surface area contributed by atoms with Gasteiger partial charge in [0.05, 0.1) is 10.5 Å². The molecule has 0 saturated carbocycles. The predicted molar refractivity (Wildman–Crippen MR) is 96.3 cm³/mol. The van der Waals surface area contributed by atoms with E-state index in [0.29, 0.717) is 6.04 Å². The molecular weight excluding hydrogens is 340 g/mol. The topological polar surface area (TPSA) is 110 Å². The smallest absolute Gasteiger partial charge is 0.410 e. The largest absolute Gasteiger partial charge is 0.478 e. The molecule has 0 radical (unpaired) electrons. The zero-order chi connectivity index (χ0) is 19.9. The van der Waals surface area contributed by atoms with Gasteiger partial charge < -0.3 is 14.7 Å². The fourth-order valence-electron chi connectivity index (χ4n) is 2.42. The van der Waals surface area contributed by atoms with Crippen molar-refractivity contribution in [3.63, 3.8) is 0 Å². The molecule has 2 rings (SSSR count).